The zero-order valence-electron chi connectivity index (χ0n) is 15.6. The van der Waals surface area contributed by atoms with Crippen molar-refractivity contribution in [3.8, 4) is 28.4 Å². The van der Waals surface area contributed by atoms with Gasteiger partial charge in [-0.05, 0) is 54.8 Å². The molecule has 1 aromatic carbocycles. The Labute approximate surface area is 169 Å². The number of hydrogen-bond acceptors (Lipinski definition) is 5. The first-order valence-corrected chi connectivity index (χ1v) is 9.51. The van der Waals surface area contributed by atoms with E-state index in [4.69, 9.17) is 21.1 Å². The number of esters is 1. The number of aromatic nitrogens is 2. The Morgan fingerprint density at radius 2 is 1.86 bits per heavy atom. The highest BCUT2D eigenvalue weighted by Gasteiger charge is 2.09. The van der Waals surface area contributed by atoms with Gasteiger partial charge in [0.2, 0.25) is 5.88 Å². The van der Waals surface area contributed by atoms with Gasteiger partial charge < -0.3 is 9.47 Å². The molecule has 28 heavy (non-hydrogen) atoms. The fourth-order valence-electron chi connectivity index (χ4n) is 2.66. The van der Waals surface area contributed by atoms with Crippen LogP contribution in [0.2, 0.25) is 5.02 Å². The van der Waals surface area contributed by atoms with Crippen LogP contribution in [0.5, 0.6) is 5.88 Å². The number of carbonyl (C=O) groups is 1. The van der Waals surface area contributed by atoms with Crippen LogP contribution in [0.3, 0.4) is 0 Å². The summed E-state index contributed by atoms with van der Waals surface area (Å²) in [6, 6.07) is 17.1. The van der Waals surface area contributed by atoms with Crippen LogP contribution < -0.4 is 4.74 Å². The van der Waals surface area contributed by atoms with Crippen LogP contribution in [0, 0.1) is 0 Å². The molecule has 0 fully saturated rings. The highest BCUT2D eigenvalue weighted by molar-refractivity contribution is 6.30. The highest BCUT2D eigenvalue weighted by atomic mass is 35.5. The van der Waals surface area contributed by atoms with E-state index < -0.39 is 0 Å². The molecule has 2 aromatic heterocycles. The average Bonchev–Trinajstić information content (AvgIpc) is 2.72. The molecule has 0 saturated heterocycles. The van der Waals surface area contributed by atoms with E-state index in [1.54, 1.807) is 13.1 Å². The van der Waals surface area contributed by atoms with Crippen molar-refractivity contribution < 1.29 is 14.3 Å². The molecule has 0 aliphatic rings. The summed E-state index contributed by atoms with van der Waals surface area (Å²) < 4.78 is 10.7. The third kappa shape index (κ3) is 5.54. The number of carbonyl (C=O) groups excluding carboxylic acids is 1. The van der Waals surface area contributed by atoms with E-state index in [1.165, 1.54) is 0 Å². The monoisotopic (exact) mass is 396 g/mol. The van der Waals surface area contributed by atoms with E-state index >= 15 is 0 Å². The smallest absolute Gasteiger partial charge is 0.305 e. The number of pyridine rings is 2. The van der Waals surface area contributed by atoms with Gasteiger partial charge in [0.05, 0.1) is 24.6 Å². The highest BCUT2D eigenvalue weighted by Crippen LogP contribution is 2.28. The van der Waals surface area contributed by atoms with Gasteiger partial charge in [0.15, 0.2) is 0 Å². The van der Waals surface area contributed by atoms with Gasteiger partial charge >= 0.3 is 5.97 Å². The average molecular weight is 397 g/mol. The number of halogens is 1. The number of benzene rings is 1. The SMILES string of the molecule is CCOC(=O)CCCOc1cc(-c2ccc(Cl)cc2)cc(-c2ccccn2)n1. The Morgan fingerprint density at radius 3 is 2.57 bits per heavy atom. The van der Waals surface area contributed by atoms with Crippen LogP contribution in [0.15, 0.2) is 60.8 Å². The Balaban J connectivity index is 1.81. The lowest BCUT2D eigenvalue weighted by Gasteiger charge is -2.11. The summed E-state index contributed by atoms with van der Waals surface area (Å²) >= 11 is 6.01. The molecule has 3 rings (SSSR count). The third-order valence-corrected chi connectivity index (χ3v) is 4.24. The lowest BCUT2D eigenvalue weighted by molar-refractivity contribution is -0.143. The summed E-state index contributed by atoms with van der Waals surface area (Å²) in [6.07, 6.45) is 2.61. The normalized spacial score (nSPS) is 10.5. The molecule has 3 aromatic rings. The number of rotatable bonds is 8. The van der Waals surface area contributed by atoms with Gasteiger partial charge in [-0.1, -0.05) is 29.8 Å². The summed E-state index contributed by atoms with van der Waals surface area (Å²) in [5.41, 5.74) is 3.43. The summed E-state index contributed by atoms with van der Waals surface area (Å²) in [5, 5.41) is 0.679. The molecular weight excluding hydrogens is 376 g/mol. The molecule has 0 atom stereocenters. The molecule has 0 spiro atoms. The first-order valence-electron chi connectivity index (χ1n) is 9.13. The Hall–Kier alpha value is -2.92. The van der Waals surface area contributed by atoms with Crippen molar-refractivity contribution in [3.63, 3.8) is 0 Å². The fraction of sp³-hybridized carbons (Fsp3) is 0.227. The quantitative estimate of drug-likeness (QED) is 0.387. The Bertz CT molecular complexity index is 915. The topological polar surface area (TPSA) is 61.3 Å². The van der Waals surface area contributed by atoms with E-state index in [9.17, 15) is 4.79 Å². The maximum atomic E-state index is 11.4. The van der Waals surface area contributed by atoms with E-state index in [-0.39, 0.29) is 5.97 Å². The summed E-state index contributed by atoms with van der Waals surface area (Å²) in [4.78, 5) is 20.4. The minimum atomic E-state index is -0.219. The molecule has 0 radical (unpaired) electrons. The first kappa shape index (κ1) is 19.8. The van der Waals surface area contributed by atoms with Crippen molar-refractivity contribution in [1.82, 2.24) is 9.97 Å². The van der Waals surface area contributed by atoms with Crippen molar-refractivity contribution in [3.05, 3.63) is 65.8 Å². The van der Waals surface area contributed by atoms with Gasteiger partial charge in [-0.25, -0.2) is 4.98 Å². The summed E-state index contributed by atoms with van der Waals surface area (Å²) in [5.74, 6) is 0.264. The molecule has 0 aliphatic heterocycles. The Kier molecular flexibility index (Phi) is 6.98. The van der Waals surface area contributed by atoms with Crippen LogP contribution in [0.25, 0.3) is 22.5 Å². The molecule has 6 heteroatoms. The maximum absolute atomic E-state index is 11.4. The zero-order chi connectivity index (χ0) is 19.8. The van der Waals surface area contributed by atoms with Crippen LogP contribution >= 0.6 is 11.6 Å². The molecule has 144 valence electrons. The molecule has 0 unspecified atom stereocenters. The van der Waals surface area contributed by atoms with E-state index in [1.807, 2.05) is 54.6 Å². The van der Waals surface area contributed by atoms with Crippen molar-refractivity contribution in [2.45, 2.75) is 19.8 Å². The Morgan fingerprint density at radius 1 is 1.04 bits per heavy atom. The molecule has 0 amide bonds. The predicted octanol–water partition coefficient (Wildman–Crippen LogP) is 5.19. The fourth-order valence-corrected chi connectivity index (χ4v) is 2.79. The largest absolute Gasteiger partial charge is 0.478 e. The molecule has 5 nitrogen and oxygen atoms in total. The van der Waals surface area contributed by atoms with E-state index in [0.29, 0.717) is 42.7 Å². The lowest BCUT2D eigenvalue weighted by Crippen LogP contribution is -2.07. The van der Waals surface area contributed by atoms with Crippen molar-refractivity contribution in [1.29, 1.82) is 0 Å². The standard InChI is InChI=1S/C22H21ClN2O3/c1-2-27-22(26)7-5-13-28-21-15-17(16-8-10-18(23)11-9-16)14-20(25-21)19-6-3-4-12-24-19/h3-4,6,8-12,14-15H,2,5,7,13H2,1H3. The molecule has 0 N–H and O–H groups in total. The van der Waals surface area contributed by atoms with Crippen LogP contribution in [-0.4, -0.2) is 29.2 Å². The molecule has 0 saturated carbocycles. The number of ether oxygens (including phenoxy) is 2. The molecule has 0 aliphatic carbocycles. The second-order valence-electron chi connectivity index (χ2n) is 6.06. The van der Waals surface area contributed by atoms with Crippen LogP contribution in [0.1, 0.15) is 19.8 Å². The lowest BCUT2D eigenvalue weighted by atomic mass is 10.1. The summed E-state index contributed by atoms with van der Waals surface area (Å²) in [7, 11) is 0. The van der Waals surface area contributed by atoms with Gasteiger partial charge in [-0.15, -0.1) is 0 Å². The minimum absolute atomic E-state index is 0.219. The van der Waals surface area contributed by atoms with Crippen LogP contribution in [0.4, 0.5) is 0 Å². The summed E-state index contributed by atoms with van der Waals surface area (Å²) in [6.45, 7) is 2.55. The maximum Gasteiger partial charge on any atom is 0.305 e. The number of hydrogen-bond donors (Lipinski definition) is 0. The van der Waals surface area contributed by atoms with Gasteiger partial charge in [-0.3, -0.25) is 9.78 Å². The molecule has 2 heterocycles. The molecular formula is C22H21ClN2O3. The second-order valence-corrected chi connectivity index (χ2v) is 6.49. The zero-order valence-corrected chi connectivity index (χ0v) is 16.4. The van der Waals surface area contributed by atoms with Crippen molar-refractivity contribution >= 4 is 17.6 Å². The van der Waals surface area contributed by atoms with Gasteiger partial charge in [0.25, 0.3) is 0 Å². The van der Waals surface area contributed by atoms with Gasteiger partial charge in [0, 0.05) is 23.7 Å². The van der Waals surface area contributed by atoms with E-state index in [2.05, 4.69) is 9.97 Å². The molecule has 0 bridgehead atoms. The third-order valence-electron chi connectivity index (χ3n) is 3.99. The van der Waals surface area contributed by atoms with E-state index in [0.717, 1.165) is 16.8 Å². The minimum Gasteiger partial charge on any atom is -0.478 e. The predicted molar refractivity (Wildman–Crippen MR) is 109 cm³/mol. The van der Waals surface area contributed by atoms with Crippen molar-refractivity contribution in [2.24, 2.45) is 0 Å². The van der Waals surface area contributed by atoms with Gasteiger partial charge in [0.1, 0.15) is 0 Å². The second kappa shape index (κ2) is 9.85. The van der Waals surface area contributed by atoms with Crippen molar-refractivity contribution in [2.75, 3.05) is 13.2 Å². The number of nitrogens with zero attached hydrogens (tertiary/aromatic N) is 2. The van der Waals surface area contributed by atoms with Crippen LogP contribution in [-0.2, 0) is 9.53 Å². The first-order chi connectivity index (χ1) is 13.7. The van der Waals surface area contributed by atoms with Gasteiger partial charge in [-0.2, -0.15) is 0 Å².